The van der Waals surface area contributed by atoms with Crippen LogP contribution in [0, 0.1) is 5.92 Å². The average Bonchev–Trinajstić information content (AvgIpc) is 3.15. The minimum atomic E-state index is -0.664. The van der Waals surface area contributed by atoms with Crippen molar-refractivity contribution in [3.8, 4) is 0 Å². The van der Waals surface area contributed by atoms with E-state index < -0.39 is 5.54 Å². The Morgan fingerprint density at radius 2 is 1.94 bits per heavy atom. The fourth-order valence-electron chi connectivity index (χ4n) is 1.97. The normalized spacial score (nSPS) is 19.4. The van der Waals surface area contributed by atoms with E-state index >= 15 is 0 Å². The molecule has 4 heteroatoms. The zero-order chi connectivity index (χ0) is 13.8. The Balaban J connectivity index is 2.74. The average molecular weight is 257 g/mol. The summed E-state index contributed by atoms with van der Waals surface area (Å²) < 4.78 is 11.2. The first-order chi connectivity index (χ1) is 8.41. The number of hydrogen-bond acceptors (Lipinski definition) is 4. The van der Waals surface area contributed by atoms with Gasteiger partial charge in [0, 0.05) is 0 Å². The zero-order valence-electron chi connectivity index (χ0n) is 12.3. The van der Waals surface area contributed by atoms with Crippen LogP contribution in [0.25, 0.3) is 0 Å². The molecular formula is C14H27NO3. The Hall–Kier alpha value is -0.610. The van der Waals surface area contributed by atoms with Gasteiger partial charge in [-0.05, 0) is 53.0 Å². The smallest absolute Gasteiger partial charge is 0.329 e. The first-order valence-corrected chi connectivity index (χ1v) is 6.92. The third-order valence-corrected chi connectivity index (χ3v) is 3.90. The topological polar surface area (TPSA) is 47.6 Å². The predicted octanol–water partition coefficient (Wildman–Crippen LogP) is 2.12. The summed E-state index contributed by atoms with van der Waals surface area (Å²) in [6.07, 6.45) is 3.05. The van der Waals surface area contributed by atoms with Crippen LogP contribution < -0.4 is 5.32 Å². The van der Waals surface area contributed by atoms with E-state index in [2.05, 4.69) is 12.2 Å². The molecule has 0 heterocycles. The van der Waals surface area contributed by atoms with E-state index in [0.717, 1.165) is 19.3 Å². The van der Waals surface area contributed by atoms with Crippen molar-refractivity contribution < 1.29 is 14.3 Å². The highest BCUT2D eigenvalue weighted by Gasteiger charge is 2.52. The third-order valence-electron chi connectivity index (χ3n) is 3.90. The summed E-state index contributed by atoms with van der Waals surface area (Å²) in [6, 6.07) is 0. The first-order valence-electron chi connectivity index (χ1n) is 6.92. The zero-order valence-corrected chi connectivity index (χ0v) is 12.3. The summed E-state index contributed by atoms with van der Waals surface area (Å²) in [5.41, 5.74) is -0.869. The van der Waals surface area contributed by atoms with Gasteiger partial charge in [-0.1, -0.05) is 6.92 Å². The molecule has 0 aromatic carbocycles. The molecule has 1 N–H and O–H groups in total. The lowest BCUT2D eigenvalue weighted by Crippen LogP contribution is -2.58. The Morgan fingerprint density at radius 3 is 2.33 bits per heavy atom. The van der Waals surface area contributed by atoms with E-state index in [0.29, 0.717) is 19.1 Å². The van der Waals surface area contributed by atoms with E-state index in [4.69, 9.17) is 9.47 Å². The van der Waals surface area contributed by atoms with Crippen LogP contribution in [0.3, 0.4) is 0 Å². The Labute approximate surface area is 110 Å². The first kappa shape index (κ1) is 15.4. The Morgan fingerprint density at radius 1 is 1.33 bits per heavy atom. The molecule has 0 aromatic heterocycles. The van der Waals surface area contributed by atoms with Gasteiger partial charge < -0.3 is 14.8 Å². The lowest BCUT2D eigenvalue weighted by Gasteiger charge is -2.35. The van der Waals surface area contributed by atoms with Gasteiger partial charge in [0.05, 0.1) is 18.8 Å². The SMILES string of the molecule is CCOC(=O)C(COC(C)(C)CC)(NC)C1CC1. The second-order valence-corrected chi connectivity index (χ2v) is 5.62. The van der Waals surface area contributed by atoms with Crippen LogP contribution in [-0.2, 0) is 14.3 Å². The molecule has 1 aliphatic carbocycles. The van der Waals surface area contributed by atoms with Gasteiger partial charge in [-0.25, -0.2) is 4.79 Å². The molecule has 1 atom stereocenters. The maximum Gasteiger partial charge on any atom is 0.329 e. The molecule has 0 aromatic rings. The molecule has 18 heavy (non-hydrogen) atoms. The summed E-state index contributed by atoms with van der Waals surface area (Å²) in [4.78, 5) is 12.2. The van der Waals surface area contributed by atoms with Gasteiger partial charge >= 0.3 is 5.97 Å². The lowest BCUT2D eigenvalue weighted by molar-refractivity contribution is -0.158. The molecule has 0 radical (unpaired) electrons. The van der Waals surface area contributed by atoms with E-state index in [1.54, 1.807) is 0 Å². The number of carbonyl (C=O) groups excluding carboxylic acids is 1. The number of rotatable bonds is 8. The summed E-state index contributed by atoms with van der Waals surface area (Å²) in [6.45, 7) is 8.81. The highest BCUT2D eigenvalue weighted by molar-refractivity contribution is 5.82. The van der Waals surface area contributed by atoms with Gasteiger partial charge in [0.2, 0.25) is 0 Å². The van der Waals surface area contributed by atoms with Crippen LogP contribution in [-0.4, -0.2) is 37.4 Å². The molecule has 1 rings (SSSR count). The minimum Gasteiger partial charge on any atom is -0.465 e. The molecule has 0 saturated heterocycles. The van der Waals surface area contributed by atoms with Crippen LogP contribution in [0.1, 0.15) is 47.0 Å². The summed E-state index contributed by atoms with van der Waals surface area (Å²) in [7, 11) is 1.82. The molecule has 0 spiro atoms. The highest BCUT2D eigenvalue weighted by Crippen LogP contribution is 2.41. The Kier molecular flexibility index (Phi) is 5.17. The highest BCUT2D eigenvalue weighted by atomic mass is 16.5. The summed E-state index contributed by atoms with van der Waals surface area (Å²) >= 11 is 0. The van der Waals surface area contributed by atoms with Crippen LogP contribution in [0.2, 0.25) is 0 Å². The number of likely N-dealkylation sites (N-methyl/N-ethyl adjacent to an activating group) is 1. The second-order valence-electron chi connectivity index (χ2n) is 5.62. The molecule has 1 fully saturated rings. The van der Waals surface area contributed by atoms with Crippen molar-refractivity contribution in [2.75, 3.05) is 20.3 Å². The standard InChI is InChI=1S/C14H27NO3/c1-6-13(3,4)18-10-14(15-5,11-8-9-11)12(16)17-7-2/h11,15H,6-10H2,1-5H3. The largest absolute Gasteiger partial charge is 0.465 e. The molecule has 4 nitrogen and oxygen atoms in total. The van der Waals surface area contributed by atoms with Gasteiger partial charge in [-0.2, -0.15) is 0 Å². The monoisotopic (exact) mass is 257 g/mol. The third kappa shape index (κ3) is 3.45. The van der Waals surface area contributed by atoms with Crippen LogP contribution in [0.15, 0.2) is 0 Å². The lowest BCUT2D eigenvalue weighted by atomic mass is 9.93. The number of hydrogen-bond donors (Lipinski definition) is 1. The van der Waals surface area contributed by atoms with E-state index in [1.807, 2.05) is 27.8 Å². The number of nitrogens with one attached hydrogen (secondary N) is 1. The Bertz CT molecular complexity index is 287. The quantitative estimate of drug-likeness (QED) is 0.677. The molecule has 106 valence electrons. The molecule has 1 saturated carbocycles. The molecular weight excluding hydrogens is 230 g/mol. The van der Waals surface area contributed by atoms with E-state index in [9.17, 15) is 4.79 Å². The maximum atomic E-state index is 12.2. The number of esters is 1. The van der Waals surface area contributed by atoms with Gasteiger partial charge in [-0.15, -0.1) is 0 Å². The van der Waals surface area contributed by atoms with Crippen molar-refractivity contribution >= 4 is 5.97 Å². The molecule has 0 bridgehead atoms. The van der Waals surface area contributed by atoms with Crippen molar-refractivity contribution in [1.82, 2.24) is 5.32 Å². The van der Waals surface area contributed by atoms with Gasteiger partial charge in [0.1, 0.15) is 5.54 Å². The summed E-state index contributed by atoms with van der Waals surface area (Å²) in [5, 5.41) is 3.16. The second kappa shape index (κ2) is 6.02. The fraction of sp³-hybridized carbons (Fsp3) is 0.929. The van der Waals surface area contributed by atoms with E-state index in [1.165, 1.54) is 0 Å². The van der Waals surface area contributed by atoms with E-state index in [-0.39, 0.29) is 11.6 Å². The maximum absolute atomic E-state index is 12.2. The van der Waals surface area contributed by atoms with Crippen molar-refractivity contribution in [1.29, 1.82) is 0 Å². The van der Waals surface area contributed by atoms with Crippen LogP contribution in [0.5, 0.6) is 0 Å². The number of ether oxygens (including phenoxy) is 2. The van der Waals surface area contributed by atoms with Gasteiger partial charge in [-0.3, -0.25) is 0 Å². The van der Waals surface area contributed by atoms with Crippen molar-refractivity contribution in [2.24, 2.45) is 5.92 Å². The molecule has 1 aliphatic rings. The van der Waals surface area contributed by atoms with Crippen molar-refractivity contribution in [2.45, 2.75) is 58.1 Å². The molecule has 0 aliphatic heterocycles. The number of carbonyl (C=O) groups is 1. The van der Waals surface area contributed by atoms with Crippen LogP contribution >= 0.6 is 0 Å². The predicted molar refractivity (Wildman–Crippen MR) is 71.5 cm³/mol. The molecule has 0 amide bonds. The van der Waals surface area contributed by atoms with Crippen LogP contribution in [0.4, 0.5) is 0 Å². The van der Waals surface area contributed by atoms with Crippen molar-refractivity contribution in [3.63, 3.8) is 0 Å². The summed E-state index contributed by atoms with van der Waals surface area (Å²) in [5.74, 6) is 0.163. The minimum absolute atomic E-state index is 0.179. The molecule has 1 unspecified atom stereocenters. The van der Waals surface area contributed by atoms with Gasteiger partial charge in [0.15, 0.2) is 0 Å². The fourth-order valence-corrected chi connectivity index (χ4v) is 1.97. The van der Waals surface area contributed by atoms with Gasteiger partial charge in [0.25, 0.3) is 0 Å². The van der Waals surface area contributed by atoms with Crippen molar-refractivity contribution in [3.05, 3.63) is 0 Å².